The highest BCUT2D eigenvalue weighted by atomic mass is 35.5. The Balaban J connectivity index is 3.78. The first-order valence-corrected chi connectivity index (χ1v) is 3.50. The number of nitrogens with one attached hydrogen (secondary N) is 1. The normalized spacial score (nSPS) is 10.8. The highest BCUT2D eigenvalue weighted by Gasteiger charge is 2.00. The first-order valence-electron chi connectivity index (χ1n) is 3.06. The van der Waals surface area contributed by atoms with E-state index in [0.29, 0.717) is 0 Å². The monoisotopic (exact) mass is 175 g/mol. The van der Waals surface area contributed by atoms with Gasteiger partial charge in [0.25, 0.3) is 0 Å². The van der Waals surface area contributed by atoms with Gasteiger partial charge < -0.3 is 10.1 Å². The second kappa shape index (κ2) is 5.83. The Morgan fingerprint density at radius 3 is 2.91 bits per heavy atom. The first kappa shape index (κ1) is 10.1. The van der Waals surface area contributed by atoms with E-state index in [1.165, 1.54) is 12.6 Å². The van der Waals surface area contributed by atoms with Gasteiger partial charge in [0.05, 0.1) is 13.2 Å². The summed E-state index contributed by atoms with van der Waals surface area (Å²) in [6.07, 6.45) is 1.15. The molecule has 1 unspecified atom stereocenters. The molecule has 0 heterocycles. The van der Waals surface area contributed by atoms with E-state index in [2.05, 4.69) is 15.8 Å². The van der Waals surface area contributed by atoms with Crippen LogP contribution in [0.1, 0.15) is 6.92 Å². The van der Waals surface area contributed by atoms with Crippen molar-refractivity contribution in [2.75, 3.05) is 7.11 Å². The lowest BCUT2D eigenvalue weighted by Gasteiger charge is -2.05. The van der Waals surface area contributed by atoms with E-state index >= 15 is 0 Å². The van der Waals surface area contributed by atoms with Crippen LogP contribution >= 0.6 is 11.6 Å². The third kappa shape index (κ3) is 5.52. The third-order valence-corrected chi connectivity index (χ3v) is 1.07. The van der Waals surface area contributed by atoms with Crippen molar-refractivity contribution < 1.29 is 9.53 Å². The Labute approximate surface area is 70.7 Å². The maximum absolute atomic E-state index is 10.6. The van der Waals surface area contributed by atoms with Gasteiger partial charge in [-0.2, -0.15) is 0 Å². The Morgan fingerprint density at radius 2 is 2.45 bits per heavy atom. The number of alkyl carbamates (subject to hydrolysis) is 1. The van der Waals surface area contributed by atoms with Crippen LogP contribution in [0, 0.1) is 0 Å². The summed E-state index contributed by atoms with van der Waals surface area (Å²) < 4.78 is 4.36. The number of carbonyl (C=O) groups excluding carboxylic acids is 1. The number of carbonyl (C=O) groups is 1. The van der Waals surface area contributed by atoms with Gasteiger partial charge in [-0.05, 0) is 13.0 Å². The highest BCUT2D eigenvalue weighted by Crippen LogP contribution is 1.84. The second-order valence-electron chi connectivity index (χ2n) is 1.87. The molecule has 1 N–H and O–H groups in total. The van der Waals surface area contributed by atoms with Gasteiger partial charge in [-0.25, -0.2) is 4.79 Å². The van der Waals surface area contributed by atoms with Gasteiger partial charge in [-0.1, -0.05) is 11.6 Å². The van der Waals surface area contributed by atoms with Gasteiger partial charge >= 0.3 is 6.09 Å². The largest absolute Gasteiger partial charge is 0.453 e. The molecule has 1 atom stereocenters. The summed E-state index contributed by atoms with van der Waals surface area (Å²) in [5.41, 5.74) is 3.87. The molecule has 11 heavy (non-hydrogen) atoms. The average Bonchev–Trinajstić information content (AvgIpc) is 2.00. The topological polar surface area (TPSA) is 38.3 Å². The summed E-state index contributed by atoms with van der Waals surface area (Å²) >= 11 is 5.20. The molecular weight excluding hydrogens is 166 g/mol. The van der Waals surface area contributed by atoms with Crippen molar-refractivity contribution in [1.82, 2.24) is 5.32 Å². The maximum atomic E-state index is 10.6. The van der Waals surface area contributed by atoms with Gasteiger partial charge in [-0.15, -0.1) is 5.73 Å². The van der Waals surface area contributed by atoms with Crippen molar-refractivity contribution >= 4 is 17.7 Å². The highest BCUT2D eigenvalue weighted by molar-refractivity contribution is 6.25. The standard InChI is InChI=1S/C7H10ClNO2/c1-6(4-3-5-8)9-7(10)11-2/h4-6H,1-2H3,(H,9,10). The van der Waals surface area contributed by atoms with Crippen LogP contribution < -0.4 is 5.32 Å². The number of ether oxygens (including phenoxy) is 1. The van der Waals surface area contributed by atoms with Crippen molar-refractivity contribution in [2.45, 2.75) is 13.0 Å². The zero-order valence-corrected chi connectivity index (χ0v) is 7.18. The number of hydrogen-bond donors (Lipinski definition) is 1. The molecule has 0 fully saturated rings. The summed E-state index contributed by atoms with van der Waals surface area (Å²) in [5.74, 6) is 0. The van der Waals surface area contributed by atoms with E-state index in [1.54, 1.807) is 13.0 Å². The van der Waals surface area contributed by atoms with Crippen LogP contribution in [-0.2, 0) is 4.74 Å². The fraction of sp³-hybridized carbons (Fsp3) is 0.429. The SMILES string of the molecule is COC(=O)NC(C)C=C=CCl. The molecule has 3 nitrogen and oxygen atoms in total. The second-order valence-corrected chi connectivity index (χ2v) is 2.09. The lowest BCUT2D eigenvalue weighted by Crippen LogP contribution is -2.30. The van der Waals surface area contributed by atoms with Crippen LogP contribution in [0.25, 0.3) is 0 Å². The van der Waals surface area contributed by atoms with Crippen LogP contribution in [0.3, 0.4) is 0 Å². The molecule has 0 aliphatic heterocycles. The van der Waals surface area contributed by atoms with Crippen LogP contribution in [0.4, 0.5) is 4.79 Å². The van der Waals surface area contributed by atoms with Crippen LogP contribution in [0.5, 0.6) is 0 Å². The van der Waals surface area contributed by atoms with Crippen LogP contribution in [0.15, 0.2) is 17.3 Å². The lowest BCUT2D eigenvalue weighted by molar-refractivity contribution is 0.169. The minimum atomic E-state index is -0.467. The molecule has 4 heteroatoms. The number of hydrogen-bond acceptors (Lipinski definition) is 2. The molecule has 0 spiro atoms. The summed E-state index contributed by atoms with van der Waals surface area (Å²) in [6.45, 7) is 1.78. The molecule has 0 saturated carbocycles. The molecule has 62 valence electrons. The molecule has 0 aromatic rings. The third-order valence-electron chi connectivity index (χ3n) is 0.940. The molecule has 0 aliphatic rings. The molecule has 0 radical (unpaired) electrons. The maximum Gasteiger partial charge on any atom is 0.407 e. The van der Waals surface area contributed by atoms with E-state index < -0.39 is 6.09 Å². The van der Waals surface area contributed by atoms with Crippen LogP contribution in [-0.4, -0.2) is 19.2 Å². The molecule has 0 aromatic carbocycles. The molecule has 0 aromatic heterocycles. The molecule has 0 rings (SSSR count). The van der Waals surface area contributed by atoms with Gasteiger partial charge in [0.15, 0.2) is 0 Å². The van der Waals surface area contributed by atoms with Gasteiger partial charge in [0.2, 0.25) is 0 Å². The van der Waals surface area contributed by atoms with Crippen LogP contribution in [0.2, 0.25) is 0 Å². The fourth-order valence-electron chi connectivity index (χ4n) is 0.467. The molecular formula is C7H10ClNO2. The predicted octanol–water partition coefficient (Wildman–Crippen LogP) is 1.64. The quantitative estimate of drug-likeness (QED) is 0.648. The first-order chi connectivity index (χ1) is 5.20. The molecule has 0 bridgehead atoms. The predicted molar refractivity (Wildman–Crippen MR) is 43.5 cm³/mol. The van der Waals surface area contributed by atoms with E-state index in [-0.39, 0.29) is 6.04 Å². The Kier molecular flexibility index (Phi) is 5.35. The number of rotatable bonds is 2. The van der Waals surface area contributed by atoms with Crippen molar-refractivity contribution in [3.63, 3.8) is 0 Å². The van der Waals surface area contributed by atoms with Gasteiger partial charge in [0.1, 0.15) is 0 Å². The Morgan fingerprint density at radius 1 is 1.82 bits per heavy atom. The Hall–Kier alpha value is -0.920. The molecule has 0 aliphatic carbocycles. The van der Waals surface area contributed by atoms with Crippen molar-refractivity contribution in [3.05, 3.63) is 17.3 Å². The number of amides is 1. The lowest BCUT2D eigenvalue weighted by atomic mass is 10.3. The van der Waals surface area contributed by atoms with E-state index in [1.807, 2.05) is 0 Å². The van der Waals surface area contributed by atoms with Crippen molar-refractivity contribution in [2.24, 2.45) is 0 Å². The van der Waals surface area contributed by atoms with Crippen molar-refractivity contribution in [1.29, 1.82) is 0 Å². The number of halogens is 1. The van der Waals surface area contributed by atoms with Gasteiger partial charge in [0, 0.05) is 5.54 Å². The zero-order chi connectivity index (χ0) is 8.69. The minimum absolute atomic E-state index is 0.127. The molecule has 0 saturated heterocycles. The molecule has 1 amide bonds. The summed E-state index contributed by atoms with van der Waals surface area (Å²) in [4.78, 5) is 10.6. The van der Waals surface area contributed by atoms with E-state index in [9.17, 15) is 4.79 Å². The summed E-state index contributed by atoms with van der Waals surface area (Å²) in [7, 11) is 1.31. The smallest absolute Gasteiger partial charge is 0.407 e. The number of methoxy groups -OCH3 is 1. The summed E-state index contributed by atoms with van der Waals surface area (Å²) in [6, 6.07) is -0.127. The Bertz CT molecular complexity index is 185. The van der Waals surface area contributed by atoms with E-state index in [0.717, 1.165) is 0 Å². The van der Waals surface area contributed by atoms with Crippen molar-refractivity contribution in [3.8, 4) is 0 Å². The summed E-state index contributed by atoms with van der Waals surface area (Å²) in [5, 5.41) is 2.51. The minimum Gasteiger partial charge on any atom is -0.453 e. The fourth-order valence-corrected chi connectivity index (χ4v) is 0.540. The zero-order valence-electron chi connectivity index (χ0n) is 6.43. The van der Waals surface area contributed by atoms with Gasteiger partial charge in [-0.3, -0.25) is 0 Å². The average molecular weight is 176 g/mol. The van der Waals surface area contributed by atoms with E-state index in [4.69, 9.17) is 11.6 Å².